The molecule has 23 heavy (non-hydrogen) atoms. The van der Waals surface area contributed by atoms with E-state index in [0.717, 1.165) is 37.7 Å². The summed E-state index contributed by atoms with van der Waals surface area (Å²) in [7, 11) is 0. The van der Waals surface area contributed by atoms with Gasteiger partial charge in [0.05, 0.1) is 18.3 Å². The highest BCUT2D eigenvalue weighted by atomic mass is 16.5. The molecule has 1 aliphatic carbocycles. The maximum absolute atomic E-state index is 10.7. The molecule has 2 aliphatic rings. The van der Waals surface area contributed by atoms with Gasteiger partial charge in [-0.25, -0.2) is 0 Å². The summed E-state index contributed by atoms with van der Waals surface area (Å²) in [5, 5.41) is 21.4. The fourth-order valence-electron chi connectivity index (χ4n) is 3.29. The van der Waals surface area contributed by atoms with Crippen molar-refractivity contribution in [2.75, 3.05) is 6.61 Å². The van der Waals surface area contributed by atoms with E-state index in [1.54, 1.807) is 0 Å². The zero-order valence-electron chi connectivity index (χ0n) is 15.1. The topological polar surface area (TPSA) is 49.7 Å². The molecule has 130 valence electrons. The molecule has 2 bridgehead atoms. The zero-order valence-corrected chi connectivity index (χ0v) is 15.1. The number of ether oxygens (including phenoxy) is 1. The van der Waals surface area contributed by atoms with Gasteiger partial charge in [0.15, 0.2) is 0 Å². The Kier molecular flexibility index (Phi) is 5.88. The molecule has 2 rings (SSSR count). The van der Waals surface area contributed by atoms with Crippen LogP contribution in [-0.2, 0) is 4.74 Å². The van der Waals surface area contributed by atoms with Gasteiger partial charge < -0.3 is 14.9 Å². The second-order valence-electron chi connectivity index (χ2n) is 7.72. The Hall–Kier alpha value is -0.900. The SMILES string of the molecule is CC1=CC=C2CCC(C)(OCC2(C)O)C(O)CCC(C)=CCC1. The van der Waals surface area contributed by atoms with E-state index in [1.807, 2.05) is 13.8 Å². The summed E-state index contributed by atoms with van der Waals surface area (Å²) in [6.45, 7) is 8.29. The predicted molar refractivity (Wildman–Crippen MR) is 94.3 cm³/mol. The first-order chi connectivity index (χ1) is 10.7. The second kappa shape index (κ2) is 7.33. The average Bonchev–Trinajstić information content (AvgIpc) is 2.60. The molecule has 3 unspecified atom stereocenters. The zero-order chi connectivity index (χ0) is 17.1. The van der Waals surface area contributed by atoms with Crippen LogP contribution < -0.4 is 0 Å². The van der Waals surface area contributed by atoms with Gasteiger partial charge in [-0.3, -0.25) is 0 Å². The molecule has 3 nitrogen and oxygen atoms in total. The van der Waals surface area contributed by atoms with Crippen molar-refractivity contribution >= 4 is 0 Å². The molecule has 0 spiro atoms. The highest BCUT2D eigenvalue weighted by Crippen LogP contribution is 2.36. The van der Waals surface area contributed by atoms with Crippen molar-refractivity contribution in [3.8, 4) is 0 Å². The van der Waals surface area contributed by atoms with Gasteiger partial charge in [-0.15, -0.1) is 0 Å². The number of allylic oxidation sites excluding steroid dienone is 5. The lowest BCUT2D eigenvalue weighted by Crippen LogP contribution is -2.43. The van der Waals surface area contributed by atoms with E-state index in [0.29, 0.717) is 6.42 Å². The van der Waals surface area contributed by atoms with Crippen molar-refractivity contribution in [2.24, 2.45) is 0 Å². The minimum atomic E-state index is -0.970. The highest BCUT2D eigenvalue weighted by molar-refractivity contribution is 5.25. The third-order valence-electron chi connectivity index (χ3n) is 5.38. The molecule has 3 heteroatoms. The van der Waals surface area contributed by atoms with Gasteiger partial charge in [-0.05, 0) is 71.8 Å². The summed E-state index contributed by atoms with van der Waals surface area (Å²) in [4.78, 5) is 0. The normalized spacial score (nSPS) is 37.3. The van der Waals surface area contributed by atoms with E-state index in [-0.39, 0.29) is 6.61 Å². The monoisotopic (exact) mass is 320 g/mol. The van der Waals surface area contributed by atoms with Crippen LogP contribution in [0.2, 0.25) is 0 Å². The Morgan fingerprint density at radius 1 is 1.09 bits per heavy atom. The summed E-state index contributed by atoms with van der Waals surface area (Å²) < 4.78 is 6.01. The molecule has 1 aliphatic heterocycles. The van der Waals surface area contributed by atoms with E-state index in [4.69, 9.17) is 4.74 Å². The summed E-state index contributed by atoms with van der Waals surface area (Å²) in [5.74, 6) is 0. The minimum absolute atomic E-state index is 0.230. The summed E-state index contributed by atoms with van der Waals surface area (Å²) in [6.07, 6.45) is 11.1. The molecule has 2 N–H and O–H groups in total. The van der Waals surface area contributed by atoms with Gasteiger partial charge >= 0.3 is 0 Å². The van der Waals surface area contributed by atoms with Gasteiger partial charge in [-0.1, -0.05) is 29.4 Å². The lowest BCUT2D eigenvalue weighted by atomic mass is 9.86. The first kappa shape index (κ1) is 18.4. The maximum Gasteiger partial charge on any atom is 0.106 e. The minimum Gasteiger partial charge on any atom is -0.390 e. The second-order valence-corrected chi connectivity index (χ2v) is 7.72. The molecule has 0 aromatic rings. The van der Waals surface area contributed by atoms with E-state index in [2.05, 4.69) is 32.1 Å². The fraction of sp³-hybridized carbons (Fsp3) is 0.700. The van der Waals surface area contributed by atoms with Gasteiger partial charge in [0.25, 0.3) is 0 Å². The van der Waals surface area contributed by atoms with Crippen molar-refractivity contribution in [2.45, 2.75) is 83.5 Å². The maximum atomic E-state index is 10.7. The van der Waals surface area contributed by atoms with Crippen molar-refractivity contribution in [3.63, 3.8) is 0 Å². The predicted octanol–water partition coefficient (Wildman–Crippen LogP) is 4.06. The van der Waals surface area contributed by atoms with Crippen molar-refractivity contribution in [1.82, 2.24) is 0 Å². The van der Waals surface area contributed by atoms with Crippen LogP contribution in [-0.4, -0.2) is 34.1 Å². The van der Waals surface area contributed by atoms with E-state index in [9.17, 15) is 10.2 Å². The van der Waals surface area contributed by atoms with Crippen LogP contribution >= 0.6 is 0 Å². The van der Waals surface area contributed by atoms with Crippen LogP contribution in [0.3, 0.4) is 0 Å². The molecule has 1 fully saturated rings. The van der Waals surface area contributed by atoms with Crippen LogP contribution in [0.5, 0.6) is 0 Å². The summed E-state index contributed by atoms with van der Waals surface area (Å²) in [6, 6.07) is 0. The average molecular weight is 320 g/mol. The van der Waals surface area contributed by atoms with Gasteiger partial charge in [0.1, 0.15) is 5.60 Å². The Labute approximate surface area is 140 Å². The largest absolute Gasteiger partial charge is 0.390 e. The Bertz CT molecular complexity index is 513. The molecule has 0 amide bonds. The quantitative estimate of drug-likeness (QED) is 0.662. The Morgan fingerprint density at radius 3 is 2.57 bits per heavy atom. The molecular formula is C20H32O3. The van der Waals surface area contributed by atoms with Crippen LogP contribution in [0, 0.1) is 0 Å². The molecule has 0 aromatic carbocycles. The van der Waals surface area contributed by atoms with Gasteiger partial charge in [0.2, 0.25) is 0 Å². The highest BCUT2D eigenvalue weighted by Gasteiger charge is 2.41. The molecule has 0 radical (unpaired) electrons. The van der Waals surface area contributed by atoms with E-state index >= 15 is 0 Å². The number of aliphatic hydroxyl groups is 2. The lowest BCUT2D eigenvalue weighted by Gasteiger charge is -2.34. The van der Waals surface area contributed by atoms with Crippen molar-refractivity contribution < 1.29 is 14.9 Å². The third-order valence-corrected chi connectivity index (χ3v) is 5.38. The first-order valence-electron chi connectivity index (χ1n) is 8.80. The van der Waals surface area contributed by atoms with Gasteiger partial charge in [0, 0.05) is 0 Å². The molecule has 3 atom stereocenters. The number of fused-ring (bicyclic) bond motifs is 3. The molecule has 0 saturated carbocycles. The molecule has 0 aromatic heterocycles. The van der Waals surface area contributed by atoms with Crippen LogP contribution in [0.1, 0.15) is 66.2 Å². The van der Waals surface area contributed by atoms with Crippen molar-refractivity contribution in [1.29, 1.82) is 0 Å². The molecule has 1 heterocycles. The van der Waals surface area contributed by atoms with E-state index in [1.165, 1.54) is 11.1 Å². The van der Waals surface area contributed by atoms with Crippen LogP contribution in [0.4, 0.5) is 0 Å². The van der Waals surface area contributed by atoms with Crippen LogP contribution in [0.25, 0.3) is 0 Å². The number of aliphatic hydroxyl groups excluding tert-OH is 1. The fourth-order valence-corrected chi connectivity index (χ4v) is 3.29. The lowest BCUT2D eigenvalue weighted by molar-refractivity contribution is -0.138. The third kappa shape index (κ3) is 4.79. The van der Waals surface area contributed by atoms with Crippen molar-refractivity contribution in [3.05, 3.63) is 34.9 Å². The number of hydrogen-bond acceptors (Lipinski definition) is 3. The smallest absolute Gasteiger partial charge is 0.106 e. The number of rotatable bonds is 0. The van der Waals surface area contributed by atoms with Crippen LogP contribution in [0.15, 0.2) is 34.9 Å². The Morgan fingerprint density at radius 2 is 1.83 bits per heavy atom. The molecule has 1 saturated heterocycles. The standard InChI is InChI=1S/C20H32O3/c1-15-6-5-7-16(2)9-11-18(21)20(4)13-12-17(10-8-15)19(3,22)14-23-20/h7-8,10,18,21-22H,5-6,9,11-14H2,1-4H3. The van der Waals surface area contributed by atoms with Gasteiger partial charge in [-0.2, -0.15) is 0 Å². The molecular weight excluding hydrogens is 288 g/mol. The summed E-state index contributed by atoms with van der Waals surface area (Å²) in [5.41, 5.74) is 2.08. The van der Waals surface area contributed by atoms with E-state index < -0.39 is 17.3 Å². The first-order valence-corrected chi connectivity index (χ1v) is 8.80. The number of hydrogen-bond donors (Lipinski definition) is 2. The summed E-state index contributed by atoms with van der Waals surface area (Å²) >= 11 is 0. The Balaban J connectivity index is 2.34.